The van der Waals surface area contributed by atoms with Crippen molar-refractivity contribution in [3.63, 3.8) is 0 Å². The highest BCUT2D eigenvalue weighted by Gasteiger charge is 2.30. The van der Waals surface area contributed by atoms with Crippen LogP contribution in [-0.4, -0.2) is 56.6 Å². The largest absolute Gasteiger partial charge is 0.506 e. The van der Waals surface area contributed by atoms with Gasteiger partial charge in [0, 0.05) is 19.8 Å². The van der Waals surface area contributed by atoms with Crippen LogP contribution in [0, 0.1) is 0 Å². The third-order valence-electron chi connectivity index (χ3n) is 7.32. The van der Waals surface area contributed by atoms with Crippen LogP contribution in [0.5, 0.6) is 5.75 Å². The molecule has 4 N–H and O–H groups in total. The second kappa shape index (κ2) is 16.6. The number of sulfone groups is 1. The van der Waals surface area contributed by atoms with Crippen LogP contribution < -0.4 is 10.6 Å². The number of ether oxygens (including phenoxy) is 1. The number of aryl methyl sites for hydroxylation is 1. The fraction of sp³-hybridized carbons (Fsp3) is 0.567. The maximum absolute atomic E-state index is 12.8. The van der Waals surface area contributed by atoms with Crippen LogP contribution in [0.25, 0.3) is 0 Å². The van der Waals surface area contributed by atoms with Gasteiger partial charge in [-0.15, -0.1) is 0 Å². The average Bonchev–Trinajstić information content (AvgIpc) is 3.49. The lowest BCUT2D eigenvalue weighted by atomic mass is 10.1. The normalized spacial score (nSPS) is 14.9. The first kappa shape index (κ1) is 31.1. The predicted molar refractivity (Wildman–Crippen MR) is 154 cm³/mol. The van der Waals surface area contributed by atoms with Crippen LogP contribution in [0.1, 0.15) is 81.4 Å². The van der Waals surface area contributed by atoms with Crippen molar-refractivity contribution in [2.45, 2.75) is 86.9 Å². The lowest BCUT2D eigenvalue weighted by Crippen LogP contribution is -2.22. The van der Waals surface area contributed by atoms with E-state index in [1.54, 1.807) is 18.2 Å². The first-order chi connectivity index (χ1) is 18.9. The summed E-state index contributed by atoms with van der Waals surface area (Å²) in [6.45, 7) is 2.67. The number of nitrogens with one attached hydrogen (secondary N) is 2. The van der Waals surface area contributed by atoms with Crippen molar-refractivity contribution in [3.8, 4) is 5.75 Å². The number of amides is 1. The number of carbonyl (C=O) groups is 1. The van der Waals surface area contributed by atoms with E-state index in [1.807, 2.05) is 18.2 Å². The molecule has 39 heavy (non-hydrogen) atoms. The third-order valence-corrected chi connectivity index (χ3v) is 9.58. The van der Waals surface area contributed by atoms with Gasteiger partial charge in [-0.2, -0.15) is 0 Å². The summed E-state index contributed by atoms with van der Waals surface area (Å²) < 4.78 is 31.4. The molecule has 8 nitrogen and oxygen atoms in total. The van der Waals surface area contributed by atoms with Gasteiger partial charge in [0.25, 0.3) is 0 Å². The molecule has 0 spiro atoms. The monoisotopic (exact) mass is 560 g/mol. The van der Waals surface area contributed by atoms with Crippen LogP contribution in [-0.2, 0) is 25.8 Å². The van der Waals surface area contributed by atoms with Gasteiger partial charge in [-0.3, -0.25) is 4.79 Å². The summed E-state index contributed by atoms with van der Waals surface area (Å²) in [4.78, 5) is 11.1. The minimum absolute atomic E-state index is 0.0373. The van der Waals surface area contributed by atoms with Gasteiger partial charge in [0.05, 0.1) is 21.9 Å². The van der Waals surface area contributed by atoms with E-state index < -0.39 is 15.9 Å². The molecular formula is C30H44N2O6S. The Labute approximate surface area is 233 Å². The number of phenolic OH excluding ortho intramolecular Hbond substituents is 1. The quantitative estimate of drug-likeness (QED) is 0.109. The number of aromatic hydroxyl groups is 1. The zero-order chi connectivity index (χ0) is 27.9. The Kier molecular flexibility index (Phi) is 13.2. The molecule has 2 aromatic rings. The predicted octanol–water partition coefficient (Wildman–Crippen LogP) is 4.90. The van der Waals surface area contributed by atoms with E-state index >= 15 is 0 Å². The molecule has 0 aromatic heterocycles. The summed E-state index contributed by atoms with van der Waals surface area (Å²) in [6, 6.07) is 12.1. The molecule has 1 saturated carbocycles. The molecule has 1 atom stereocenters. The van der Waals surface area contributed by atoms with Crippen molar-refractivity contribution >= 4 is 21.9 Å². The Morgan fingerprint density at radius 2 is 1.72 bits per heavy atom. The lowest BCUT2D eigenvalue weighted by Gasteiger charge is -2.14. The summed E-state index contributed by atoms with van der Waals surface area (Å²) in [5, 5.41) is 25.5. The third kappa shape index (κ3) is 10.2. The second-order valence-corrected chi connectivity index (χ2v) is 12.6. The Balaban J connectivity index is 1.17. The smallest absolute Gasteiger partial charge is 0.211 e. The fourth-order valence-corrected chi connectivity index (χ4v) is 6.93. The topological polar surface area (TPSA) is 125 Å². The summed E-state index contributed by atoms with van der Waals surface area (Å²) in [6.07, 6.45) is 10.4. The van der Waals surface area contributed by atoms with E-state index in [-0.39, 0.29) is 16.7 Å². The van der Waals surface area contributed by atoms with Crippen LogP contribution in [0.3, 0.4) is 0 Å². The minimum Gasteiger partial charge on any atom is -0.506 e. The molecule has 1 amide bonds. The highest BCUT2D eigenvalue weighted by molar-refractivity contribution is 7.92. The highest BCUT2D eigenvalue weighted by Crippen LogP contribution is 2.30. The summed E-state index contributed by atoms with van der Waals surface area (Å²) >= 11 is 0. The maximum atomic E-state index is 12.8. The van der Waals surface area contributed by atoms with Crippen molar-refractivity contribution in [1.29, 1.82) is 0 Å². The zero-order valence-electron chi connectivity index (χ0n) is 22.8. The Hall–Kier alpha value is -2.46. The van der Waals surface area contributed by atoms with Gasteiger partial charge in [-0.1, -0.05) is 43.9 Å². The molecule has 1 aliphatic carbocycles. The number of rotatable bonds is 19. The number of aliphatic hydroxyl groups excluding tert-OH is 1. The van der Waals surface area contributed by atoms with E-state index in [2.05, 4.69) is 10.6 Å². The number of aliphatic hydroxyl groups is 1. The van der Waals surface area contributed by atoms with Crippen LogP contribution in [0.15, 0.2) is 47.4 Å². The van der Waals surface area contributed by atoms with Gasteiger partial charge in [-0.05, 0) is 86.9 Å². The van der Waals surface area contributed by atoms with E-state index in [1.165, 1.54) is 6.07 Å². The van der Waals surface area contributed by atoms with Gasteiger partial charge >= 0.3 is 0 Å². The number of carbonyl (C=O) groups excluding carboxylic acids is 1. The summed E-state index contributed by atoms with van der Waals surface area (Å²) in [7, 11) is -3.20. The summed E-state index contributed by atoms with van der Waals surface area (Å²) in [5.74, 6) is -0.0373. The van der Waals surface area contributed by atoms with E-state index in [4.69, 9.17) is 4.74 Å². The van der Waals surface area contributed by atoms with E-state index in [0.717, 1.165) is 96.0 Å². The summed E-state index contributed by atoms with van der Waals surface area (Å²) in [5.41, 5.74) is 1.99. The Morgan fingerprint density at radius 3 is 2.49 bits per heavy atom. The van der Waals surface area contributed by atoms with Gasteiger partial charge < -0.3 is 25.6 Å². The first-order valence-electron chi connectivity index (χ1n) is 14.2. The highest BCUT2D eigenvalue weighted by atomic mass is 32.2. The van der Waals surface area contributed by atoms with Crippen molar-refractivity contribution in [2.24, 2.45) is 0 Å². The zero-order valence-corrected chi connectivity index (χ0v) is 23.6. The second-order valence-electron chi connectivity index (χ2n) is 10.3. The first-order valence-corrected chi connectivity index (χ1v) is 15.8. The fourth-order valence-electron chi connectivity index (χ4n) is 5.01. The number of unbranched alkanes of at least 4 members (excludes halogenated alkanes) is 4. The molecule has 9 heteroatoms. The molecule has 0 radical (unpaired) electrons. The van der Waals surface area contributed by atoms with Gasteiger partial charge in [0.2, 0.25) is 6.41 Å². The molecule has 1 fully saturated rings. The molecular weight excluding hydrogens is 516 g/mol. The number of phenols is 1. The number of hydrogen-bond acceptors (Lipinski definition) is 7. The van der Waals surface area contributed by atoms with E-state index in [0.29, 0.717) is 23.4 Å². The molecule has 216 valence electrons. The maximum Gasteiger partial charge on any atom is 0.211 e. The molecule has 2 aromatic carbocycles. The van der Waals surface area contributed by atoms with Crippen LogP contribution in [0.2, 0.25) is 0 Å². The van der Waals surface area contributed by atoms with Crippen molar-refractivity contribution < 1.29 is 28.2 Å². The number of benzene rings is 2. The number of anilines is 1. The minimum atomic E-state index is -3.20. The molecule has 0 heterocycles. The number of hydrogen-bond donors (Lipinski definition) is 4. The molecule has 0 saturated heterocycles. The van der Waals surface area contributed by atoms with Gasteiger partial charge in [-0.25, -0.2) is 8.42 Å². The van der Waals surface area contributed by atoms with Gasteiger partial charge in [0.1, 0.15) is 5.75 Å². The van der Waals surface area contributed by atoms with E-state index in [9.17, 15) is 23.4 Å². The Bertz CT molecular complexity index is 1120. The van der Waals surface area contributed by atoms with Crippen molar-refractivity contribution in [3.05, 3.63) is 53.6 Å². The van der Waals surface area contributed by atoms with Crippen LogP contribution >= 0.6 is 0 Å². The molecule has 0 bridgehead atoms. The SMILES string of the molecule is O=CNc1cc(C(O)CNCCCCCCOCCCCc2cccc(S(=O)(=O)C3CCCC3)c2)ccc1O. The standard InChI is InChI=1S/C30H44N2O6S/c33-23-32-28-21-25(15-16-29(28)34)30(35)22-31-17-6-1-2-7-18-38-19-8-5-10-24-11-9-14-27(20-24)39(36,37)26-12-3-4-13-26/h9,11,14-16,20-21,23,26,30-31,34-35H,1-8,10,12-13,17-19,22H2,(H,32,33). The molecule has 1 unspecified atom stereocenters. The van der Waals surface area contributed by atoms with Crippen LogP contribution in [0.4, 0.5) is 5.69 Å². The van der Waals surface area contributed by atoms with Gasteiger partial charge in [0.15, 0.2) is 9.84 Å². The molecule has 3 rings (SSSR count). The van der Waals surface area contributed by atoms with Crippen molar-refractivity contribution in [1.82, 2.24) is 5.32 Å². The lowest BCUT2D eigenvalue weighted by molar-refractivity contribution is -0.105. The molecule has 1 aliphatic rings. The van der Waals surface area contributed by atoms with Crippen molar-refractivity contribution in [2.75, 3.05) is 31.6 Å². The molecule has 0 aliphatic heterocycles. The Morgan fingerprint density at radius 1 is 0.974 bits per heavy atom. The average molecular weight is 561 g/mol.